The number of hydrogen-bond donors (Lipinski definition) is 0. The van der Waals surface area contributed by atoms with Gasteiger partial charge in [0.2, 0.25) is 0 Å². The number of halogens is 1. The van der Waals surface area contributed by atoms with Gasteiger partial charge in [-0.1, -0.05) is 17.7 Å². The SMILES string of the molecule is Cc1cn2nc(C3CCCCN3C(=O)c3c(Cl)nc4ccccn34)cc2nc1N1CCCC1. The second-order valence-electron chi connectivity index (χ2n) is 9.00. The predicted molar refractivity (Wildman–Crippen MR) is 127 cm³/mol. The van der Waals surface area contributed by atoms with E-state index < -0.39 is 0 Å². The van der Waals surface area contributed by atoms with E-state index in [0.717, 1.165) is 55.1 Å². The summed E-state index contributed by atoms with van der Waals surface area (Å²) in [5, 5.41) is 5.08. The van der Waals surface area contributed by atoms with Crippen LogP contribution in [0.2, 0.25) is 5.15 Å². The lowest BCUT2D eigenvalue weighted by Gasteiger charge is -2.34. The van der Waals surface area contributed by atoms with Crippen molar-refractivity contribution in [3.63, 3.8) is 0 Å². The molecule has 2 aliphatic rings. The number of likely N-dealkylation sites (tertiary alicyclic amines) is 1. The molecular formula is C24H26ClN7O. The summed E-state index contributed by atoms with van der Waals surface area (Å²) in [7, 11) is 0. The minimum Gasteiger partial charge on any atom is -0.356 e. The molecule has 0 aliphatic carbocycles. The van der Waals surface area contributed by atoms with Gasteiger partial charge in [-0.2, -0.15) is 5.10 Å². The van der Waals surface area contributed by atoms with E-state index in [1.807, 2.05) is 39.9 Å². The molecule has 0 bridgehead atoms. The average Bonchev–Trinajstić information content (AvgIpc) is 3.56. The summed E-state index contributed by atoms with van der Waals surface area (Å²) in [4.78, 5) is 27.3. The fraction of sp³-hybridized carbons (Fsp3) is 0.417. The molecule has 0 aromatic carbocycles. The molecule has 0 spiro atoms. The molecule has 33 heavy (non-hydrogen) atoms. The molecule has 2 fully saturated rings. The van der Waals surface area contributed by atoms with Crippen molar-refractivity contribution in [3.05, 3.63) is 58.8 Å². The van der Waals surface area contributed by atoms with Crippen LogP contribution in [-0.2, 0) is 0 Å². The lowest BCUT2D eigenvalue weighted by Crippen LogP contribution is -2.39. The second-order valence-corrected chi connectivity index (χ2v) is 9.36. The fourth-order valence-electron chi connectivity index (χ4n) is 5.21. The zero-order valence-electron chi connectivity index (χ0n) is 18.6. The van der Waals surface area contributed by atoms with Crippen molar-refractivity contribution in [2.24, 2.45) is 0 Å². The van der Waals surface area contributed by atoms with E-state index in [1.54, 1.807) is 4.40 Å². The Morgan fingerprint density at radius 3 is 2.73 bits per heavy atom. The van der Waals surface area contributed by atoms with Crippen LogP contribution in [0.3, 0.4) is 0 Å². The number of pyridine rings is 1. The predicted octanol–water partition coefficient (Wildman–Crippen LogP) is 4.31. The number of carbonyl (C=O) groups excluding carboxylic acids is 1. The van der Waals surface area contributed by atoms with Crippen molar-refractivity contribution in [3.8, 4) is 0 Å². The molecular weight excluding hydrogens is 438 g/mol. The molecule has 0 N–H and O–H groups in total. The minimum atomic E-state index is -0.117. The zero-order valence-corrected chi connectivity index (χ0v) is 19.4. The molecule has 9 heteroatoms. The Balaban J connectivity index is 1.37. The van der Waals surface area contributed by atoms with Gasteiger partial charge in [0.1, 0.15) is 11.5 Å². The highest BCUT2D eigenvalue weighted by atomic mass is 35.5. The van der Waals surface area contributed by atoms with E-state index in [0.29, 0.717) is 17.9 Å². The number of aryl methyl sites for hydroxylation is 1. The van der Waals surface area contributed by atoms with E-state index in [4.69, 9.17) is 21.7 Å². The standard InChI is InChI=1S/C24H26ClN7O/c1-16-15-32-20(27-23(16)29-10-6-7-11-29)14-17(28-32)18-8-2-4-12-30(18)24(33)21-22(25)26-19-9-3-5-13-31(19)21/h3,5,9,13-15,18H,2,4,6-8,10-12H2,1H3. The second kappa shape index (κ2) is 8.02. The van der Waals surface area contributed by atoms with E-state index >= 15 is 0 Å². The molecule has 170 valence electrons. The molecule has 0 saturated carbocycles. The van der Waals surface area contributed by atoms with Crippen molar-refractivity contribution in [2.45, 2.75) is 45.1 Å². The molecule has 2 aliphatic heterocycles. The summed E-state index contributed by atoms with van der Waals surface area (Å²) in [6, 6.07) is 7.53. The Labute approximate surface area is 196 Å². The monoisotopic (exact) mass is 463 g/mol. The van der Waals surface area contributed by atoms with Crippen LogP contribution in [0.4, 0.5) is 5.82 Å². The summed E-state index contributed by atoms with van der Waals surface area (Å²) in [5.74, 6) is 0.933. The number of piperidine rings is 1. The van der Waals surface area contributed by atoms with Gasteiger partial charge in [0.25, 0.3) is 5.91 Å². The first-order valence-corrected chi connectivity index (χ1v) is 12.0. The van der Waals surface area contributed by atoms with Crippen molar-refractivity contribution in [2.75, 3.05) is 24.5 Å². The van der Waals surface area contributed by atoms with Gasteiger partial charge >= 0.3 is 0 Å². The minimum absolute atomic E-state index is 0.109. The molecule has 2 saturated heterocycles. The highest BCUT2D eigenvalue weighted by Crippen LogP contribution is 2.34. The number of carbonyl (C=O) groups is 1. The summed E-state index contributed by atoms with van der Waals surface area (Å²) in [5.41, 5.74) is 3.89. The fourth-order valence-corrected chi connectivity index (χ4v) is 5.47. The number of anilines is 1. The van der Waals surface area contributed by atoms with E-state index in [2.05, 4.69) is 23.0 Å². The van der Waals surface area contributed by atoms with Gasteiger partial charge in [-0.25, -0.2) is 14.5 Å². The van der Waals surface area contributed by atoms with Crippen molar-refractivity contribution in [1.82, 2.24) is 28.9 Å². The molecule has 1 amide bonds. The topological polar surface area (TPSA) is 71.0 Å². The molecule has 8 nitrogen and oxygen atoms in total. The lowest BCUT2D eigenvalue weighted by molar-refractivity contribution is 0.0598. The molecule has 6 rings (SSSR count). The number of imidazole rings is 1. The Bertz CT molecular complexity index is 1350. The number of aromatic nitrogens is 5. The molecule has 4 aromatic rings. The molecule has 6 heterocycles. The largest absolute Gasteiger partial charge is 0.356 e. The molecule has 4 aromatic heterocycles. The number of fused-ring (bicyclic) bond motifs is 2. The molecule has 0 radical (unpaired) electrons. The van der Waals surface area contributed by atoms with Crippen LogP contribution in [0.25, 0.3) is 11.3 Å². The van der Waals surface area contributed by atoms with Gasteiger partial charge in [-0.05, 0) is 51.2 Å². The first kappa shape index (κ1) is 20.5. The normalized spacial score (nSPS) is 19.2. The van der Waals surface area contributed by atoms with E-state index in [9.17, 15) is 4.79 Å². The van der Waals surface area contributed by atoms with Crippen LogP contribution in [0.5, 0.6) is 0 Å². The van der Waals surface area contributed by atoms with Crippen LogP contribution < -0.4 is 4.90 Å². The maximum absolute atomic E-state index is 13.7. The molecule has 1 unspecified atom stereocenters. The third-order valence-corrected chi connectivity index (χ3v) is 7.09. The van der Waals surface area contributed by atoms with E-state index in [-0.39, 0.29) is 17.1 Å². The smallest absolute Gasteiger partial charge is 0.274 e. The lowest BCUT2D eigenvalue weighted by atomic mass is 9.99. The van der Waals surface area contributed by atoms with Crippen LogP contribution >= 0.6 is 11.6 Å². The van der Waals surface area contributed by atoms with E-state index in [1.165, 1.54) is 12.8 Å². The summed E-state index contributed by atoms with van der Waals surface area (Å²) >= 11 is 6.42. The average molecular weight is 464 g/mol. The third kappa shape index (κ3) is 3.44. The maximum atomic E-state index is 13.7. The Morgan fingerprint density at radius 2 is 1.88 bits per heavy atom. The number of rotatable bonds is 3. The van der Waals surface area contributed by atoms with Crippen molar-refractivity contribution < 1.29 is 4.79 Å². The zero-order chi connectivity index (χ0) is 22.5. The highest BCUT2D eigenvalue weighted by Gasteiger charge is 2.33. The van der Waals surface area contributed by atoms with Crippen molar-refractivity contribution >= 4 is 34.6 Å². The number of nitrogens with zero attached hydrogens (tertiary/aromatic N) is 7. The van der Waals surface area contributed by atoms with Crippen LogP contribution in [-0.4, -0.2) is 54.4 Å². The number of hydrogen-bond acceptors (Lipinski definition) is 5. The van der Waals surface area contributed by atoms with Gasteiger partial charge in [0.05, 0.1) is 11.7 Å². The Hall–Kier alpha value is -3.13. The van der Waals surface area contributed by atoms with Gasteiger partial charge < -0.3 is 9.80 Å². The van der Waals surface area contributed by atoms with Crippen molar-refractivity contribution in [1.29, 1.82) is 0 Å². The quantitative estimate of drug-likeness (QED) is 0.453. The third-order valence-electron chi connectivity index (χ3n) is 6.82. The first-order chi connectivity index (χ1) is 16.1. The Kier molecular flexibility index (Phi) is 4.98. The van der Waals surface area contributed by atoms with Crippen LogP contribution in [0, 0.1) is 6.92 Å². The van der Waals surface area contributed by atoms with Crippen LogP contribution in [0.1, 0.15) is 59.9 Å². The summed E-state index contributed by atoms with van der Waals surface area (Å²) in [6.45, 7) is 4.86. The van der Waals surface area contributed by atoms with Crippen LogP contribution in [0.15, 0.2) is 36.7 Å². The maximum Gasteiger partial charge on any atom is 0.274 e. The summed E-state index contributed by atoms with van der Waals surface area (Å²) in [6.07, 6.45) is 9.17. The van der Waals surface area contributed by atoms with Gasteiger partial charge in [0.15, 0.2) is 16.5 Å². The first-order valence-electron chi connectivity index (χ1n) is 11.7. The van der Waals surface area contributed by atoms with Gasteiger partial charge in [-0.15, -0.1) is 0 Å². The van der Waals surface area contributed by atoms with Gasteiger partial charge in [-0.3, -0.25) is 9.20 Å². The number of amides is 1. The van der Waals surface area contributed by atoms with Gasteiger partial charge in [0, 0.05) is 43.7 Å². The summed E-state index contributed by atoms with van der Waals surface area (Å²) < 4.78 is 3.62. The molecule has 1 atom stereocenters. The Morgan fingerprint density at radius 1 is 1.06 bits per heavy atom. The highest BCUT2D eigenvalue weighted by molar-refractivity contribution is 6.32.